The first-order valence-electron chi connectivity index (χ1n) is 9.62. The van der Waals surface area contributed by atoms with Gasteiger partial charge in [-0.2, -0.15) is 5.10 Å². The monoisotopic (exact) mass is 511 g/mol. The lowest BCUT2D eigenvalue weighted by Gasteiger charge is -2.09. The second-order valence-electron chi connectivity index (χ2n) is 6.84. The molecule has 3 rings (SSSR count). The standard InChI is InChI=1S/C23H18BrN3O6/c24-19-11-15(8-9-21(19)33-14-16-4-3-6-18(10-16)23(29)30)13-25-26-22(28)12-17-5-1-2-7-20(17)27(31)32/h1-11,13H,12,14H2,(H,26,28)(H,29,30)/b25-13+. The molecule has 0 aliphatic rings. The van der Waals surface area contributed by atoms with Crippen molar-refractivity contribution < 1.29 is 24.4 Å². The number of carboxylic acid groups (broad SMARTS) is 1. The normalized spacial score (nSPS) is 10.7. The third kappa shape index (κ3) is 6.71. The second kappa shape index (κ2) is 11.0. The van der Waals surface area contributed by atoms with Crippen molar-refractivity contribution in [2.24, 2.45) is 5.10 Å². The Morgan fingerprint density at radius 2 is 1.91 bits per heavy atom. The number of halogens is 1. The number of rotatable bonds is 9. The third-order valence-electron chi connectivity index (χ3n) is 4.47. The fraction of sp³-hybridized carbons (Fsp3) is 0.0870. The molecule has 0 spiro atoms. The Morgan fingerprint density at radius 1 is 1.12 bits per heavy atom. The van der Waals surface area contributed by atoms with Crippen LogP contribution in [0.1, 0.15) is 27.0 Å². The van der Waals surface area contributed by atoms with Crippen molar-refractivity contribution >= 4 is 39.7 Å². The van der Waals surface area contributed by atoms with Crippen LogP contribution in [0.25, 0.3) is 0 Å². The van der Waals surface area contributed by atoms with Crippen molar-refractivity contribution in [1.29, 1.82) is 0 Å². The van der Waals surface area contributed by atoms with E-state index >= 15 is 0 Å². The number of ether oxygens (including phenoxy) is 1. The average Bonchev–Trinajstić information content (AvgIpc) is 2.79. The molecule has 0 fully saturated rings. The average molecular weight is 512 g/mol. The largest absolute Gasteiger partial charge is 0.488 e. The van der Waals surface area contributed by atoms with Crippen molar-refractivity contribution in [1.82, 2.24) is 5.43 Å². The molecule has 0 bridgehead atoms. The van der Waals surface area contributed by atoms with Gasteiger partial charge in [-0.1, -0.05) is 30.3 Å². The van der Waals surface area contributed by atoms with Crippen LogP contribution in [0.5, 0.6) is 5.75 Å². The zero-order valence-electron chi connectivity index (χ0n) is 17.1. The molecule has 1 amide bonds. The maximum atomic E-state index is 12.1. The van der Waals surface area contributed by atoms with Gasteiger partial charge in [0.1, 0.15) is 12.4 Å². The first kappa shape index (κ1) is 23.6. The van der Waals surface area contributed by atoms with Crippen molar-refractivity contribution in [3.63, 3.8) is 0 Å². The zero-order valence-corrected chi connectivity index (χ0v) is 18.7. The highest BCUT2D eigenvalue weighted by Gasteiger charge is 2.15. The number of nitrogens with zero attached hydrogens (tertiary/aromatic N) is 2. The molecule has 168 valence electrons. The Balaban J connectivity index is 1.56. The molecular weight excluding hydrogens is 494 g/mol. The van der Waals surface area contributed by atoms with Crippen LogP contribution >= 0.6 is 15.9 Å². The van der Waals surface area contributed by atoms with Crippen molar-refractivity contribution in [3.8, 4) is 5.75 Å². The Morgan fingerprint density at radius 3 is 2.64 bits per heavy atom. The summed E-state index contributed by atoms with van der Waals surface area (Å²) in [4.78, 5) is 33.6. The van der Waals surface area contributed by atoms with Gasteiger partial charge in [0.05, 0.1) is 27.6 Å². The van der Waals surface area contributed by atoms with Gasteiger partial charge in [0.15, 0.2) is 0 Å². The Kier molecular flexibility index (Phi) is 7.87. The number of benzene rings is 3. The lowest BCUT2D eigenvalue weighted by atomic mass is 10.1. The van der Waals surface area contributed by atoms with E-state index < -0.39 is 16.8 Å². The minimum absolute atomic E-state index is 0.120. The van der Waals surface area contributed by atoms with E-state index in [2.05, 4.69) is 26.5 Å². The number of hydrogen-bond acceptors (Lipinski definition) is 6. The number of carbonyl (C=O) groups excluding carboxylic acids is 1. The van der Waals surface area contributed by atoms with Gasteiger partial charge < -0.3 is 9.84 Å². The summed E-state index contributed by atoms with van der Waals surface area (Å²) in [5, 5.41) is 24.0. The SMILES string of the molecule is O=C(Cc1ccccc1[N+](=O)[O-])N/N=C/c1ccc(OCc2cccc(C(=O)O)c2)c(Br)c1. The predicted molar refractivity (Wildman–Crippen MR) is 124 cm³/mol. The van der Waals surface area contributed by atoms with E-state index in [-0.39, 0.29) is 24.3 Å². The highest BCUT2D eigenvalue weighted by atomic mass is 79.9. The van der Waals surface area contributed by atoms with Crippen molar-refractivity contribution in [3.05, 3.63) is 104 Å². The van der Waals surface area contributed by atoms with Crippen LogP contribution in [0.3, 0.4) is 0 Å². The molecule has 0 aromatic heterocycles. The van der Waals surface area contributed by atoms with E-state index in [9.17, 15) is 19.7 Å². The molecule has 9 nitrogen and oxygen atoms in total. The van der Waals surface area contributed by atoms with Gasteiger partial charge in [-0.15, -0.1) is 0 Å². The topological polar surface area (TPSA) is 131 Å². The van der Waals surface area contributed by atoms with E-state index in [1.807, 2.05) is 0 Å². The van der Waals surface area contributed by atoms with E-state index in [4.69, 9.17) is 9.84 Å². The summed E-state index contributed by atoms with van der Waals surface area (Å²) < 4.78 is 6.39. The number of aromatic carboxylic acids is 1. The zero-order chi connectivity index (χ0) is 23.8. The fourth-order valence-corrected chi connectivity index (χ4v) is 3.41. The van der Waals surface area contributed by atoms with Crippen LogP contribution in [0, 0.1) is 10.1 Å². The molecule has 0 aliphatic carbocycles. The minimum atomic E-state index is -1.00. The molecule has 0 saturated heterocycles. The van der Waals surface area contributed by atoms with E-state index in [0.717, 1.165) is 0 Å². The molecule has 3 aromatic rings. The molecule has 0 unspecified atom stereocenters. The number of nitro benzene ring substituents is 1. The summed E-state index contributed by atoms with van der Waals surface area (Å²) in [5.74, 6) is -0.938. The summed E-state index contributed by atoms with van der Waals surface area (Å²) in [7, 11) is 0. The van der Waals surface area contributed by atoms with Gasteiger partial charge in [-0.25, -0.2) is 10.2 Å². The van der Waals surface area contributed by atoms with Gasteiger partial charge in [0.25, 0.3) is 5.69 Å². The molecule has 33 heavy (non-hydrogen) atoms. The maximum Gasteiger partial charge on any atom is 0.335 e. The van der Waals surface area contributed by atoms with Gasteiger partial charge >= 0.3 is 5.97 Å². The molecule has 2 N–H and O–H groups in total. The number of nitro groups is 1. The number of carbonyl (C=O) groups is 2. The molecule has 0 atom stereocenters. The molecule has 0 heterocycles. The minimum Gasteiger partial charge on any atom is -0.488 e. The number of hydrogen-bond donors (Lipinski definition) is 2. The van der Waals surface area contributed by atoms with Crippen LogP contribution in [-0.2, 0) is 17.8 Å². The van der Waals surface area contributed by atoms with Crippen molar-refractivity contribution in [2.75, 3.05) is 0 Å². The Hall–Kier alpha value is -4.05. The predicted octanol–water partition coefficient (Wildman–Crippen LogP) is 4.33. The quantitative estimate of drug-likeness (QED) is 0.249. The first-order chi connectivity index (χ1) is 15.8. The van der Waals surface area contributed by atoms with Crippen LogP contribution in [-0.4, -0.2) is 28.1 Å². The van der Waals surface area contributed by atoms with E-state index in [1.165, 1.54) is 30.5 Å². The fourth-order valence-electron chi connectivity index (χ4n) is 2.90. The van der Waals surface area contributed by atoms with Crippen molar-refractivity contribution in [2.45, 2.75) is 13.0 Å². The number of nitrogens with one attached hydrogen (secondary N) is 1. The smallest absolute Gasteiger partial charge is 0.335 e. The lowest BCUT2D eigenvalue weighted by Crippen LogP contribution is -2.20. The first-order valence-corrected chi connectivity index (χ1v) is 10.4. The number of para-hydroxylation sites is 1. The Bertz CT molecular complexity index is 1230. The summed E-state index contributed by atoms with van der Waals surface area (Å²) in [6, 6.07) is 17.7. The highest BCUT2D eigenvalue weighted by molar-refractivity contribution is 9.10. The maximum absolute atomic E-state index is 12.1. The van der Waals surface area contributed by atoms with Crippen LogP contribution in [0.4, 0.5) is 5.69 Å². The van der Waals surface area contributed by atoms with Gasteiger partial charge in [-0.3, -0.25) is 14.9 Å². The van der Waals surface area contributed by atoms with Gasteiger partial charge in [0.2, 0.25) is 5.91 Å². The lowest BCUT2D eigenvalue weighted by molar-refractivity contribution is -0.385. The molecule has 0 radical (unpaired) electrons. The highest BCUT2D eigenvalue weighted by Crippen LogP contribution is 2.26. The van der Waals surface area contributed by atoms with Gasteiger partial charge in [0, 0.05) is 11.6 Å². The molecular formula is C23H18BrN3O6. The number of hydrazone groups is 1. The van der Waals surface area contributed by atoms with Crippen LogP contribution in [0.15, 0.2) is 76.3 Å². The second-order valence-corrected chi connectivity index (χ2v) is 7.69. The third-order valence-corrected chi connectivity index (χ3v) is 5.09. The molecule has 0 aliphatic heterocycles. The summed E-state index contributed by atoms with van der Waals surface area (Å²) in [6.07, 6.45) is 1.26. The van der Waals surface area contributed by atoms with Crippen LogP contribution in [0.2, 0.25) is 0 Å². The molecule has 10 heteroatoms. The van der Waals surface area contributed by atoms with E-state index in [1.54, 1.807) is 42.5 Å². The summed E-state index contributed by atoms with van der Waals surface area (Å²) >= 11 is 3.41. The van der Waals surface area contributed by atoms with Crippen LogP contribution < -0.4 is 10.2 Å². The van der Waals surface area contributed by atoms with Gasteiger partial charge in [-0.05, 0) is 57.4 Å². The Labute approximate surface area is 197 Å². The van der Waals surface area contributed by atoms with E-state index in [0.29, 0.717) is 26.9 Å². The number of carboxylic acids is 1. The molecule has 3 aromatic carbocycles. The molecule has 0 saturated carbocycles. The summed E-state index contributed by atoms with van der Waals surface area (Å²) in [5.41, 5.74) is 4.11. The summed E-state index contributed by atoms with van der Waals surface area (Å²) in [6.45, 7) is 0.189. The number of amides is 1.